The Hall–Kier alpha value is -1.68. The standard InChI is InChI=1S/C15H15BrF4N4S/c1-21-14(23-7-9-2-3-10(16)6-11(9)17)22-5-4-13-24-12(8-25-13)15(18,19)20/h2-3,6,8H,4-5,7H2,1H3,(H2,21,22,23). The largest absolute Gasteiger partial charge is 0.434 e. The first kappa shape index (κ1) is 19.6. The van der Waals surface area contributed by atoms with Crippen LogP contribution < -0.4 is 10.6 Å². The highest BCUT2D eigenvalue weighted by Gasteiger charge is 2.33. The molecule has 4 nitrogen and oxygen atoms in total. The van der Waals surface area contributed by atoms with Crippen LogP contribution in [-0.2, 0) is 19.1 Å². The second-order valence-electron chi connectivity index (χ2n) is 4.96. The van der Waals surface area contributed by atoms with Crippen LogP contribution in [0.25, 0.3) is 0 Å². The van der Waals surface area contributed by atoms with Crippen LogP contribution in [0.5, 0.6) is 0 Å². The zero-order valence-electron chi connectivity index (χ0n) is 13.1. The van der Waals surface area contributed by atoms with Crippen LogP contribution in [0.2, 0.25) is 0 Å². The molecule has 0 aliphatic rings. The van der Waals surface area contributed by atoms with Gasteiger partial charge < -0.3 is 10.6 Å². The second kappa shape index (κ2) is 8.61. The molecule has 2 aromatic rings. The molecule has 2 rings (SSSR count). The summed E-state index contributed by atoms with van der Waals surface area (Å²) < 4.78 is 51.9. The van der Waals surface area contributed by atoms with Crippen LogP contribution in [0, 0.1) is 5.82 Å². The summed E-state index contributed by atoms with van der Waals surface area (Å²) in [6.07, 6.45) is -4.09. The Morgan fingerprint density at radius 2 is 2.08 bits per heavy atom. The highest BCUT2D eigenvalue weighted by molar-refractivity contribution is 9.10. The Bertz CT molecular complexity index is 745. The van der Waals surface area contributed by atoms with Gasteiger partial charge in [-0.2, -0.15) is 13.2 Å². The normalized spacial score (nSPS) is 12.3. The first-order valence-corrected chi connectivity index (χ1v) is 8.87. The Morgan fingerprint density at radius 3 is 2.68 bits per heavy atom. The molecule has 1 aromatic carbocycles. The van der Waals surface area contributed by atoms with Crippen LogP contribution >= 0.6 is 27.3 Å². The number of alkyl halides is 3. The van der Waals surface area contributed by atoms with Gasteiger partial charge in [0.15, 0.2) is 11.7 Å². The van der Waals surface area contributed by atoms with Gasteiger partial charge in [-0.15, -0.1) is 11.3 Å². The number of nitrogens with zero attached hydrogens (tertiary/aromatic N) is 2. The molecule has 0 bridgehead atoms. The molecule has 0 spiro atoms. The van der Waals surface area contributed by atoms with Crippen LogP contribution in [0.4, 0.5) is 17.6 Å². The minimum absolute atomic E-state index is 0.230. The van der Waals surface area contributed by atoms with E-state index >= 15 is 0 Å². The smallest absolute Gasteiger partial charge is 0.356 e. The van der Waals surface area contributed by atoms with Crippen molar-refractivity contribution in [2.75, 3.05) is 13.6 Å². The zero-order valence-corrected chi connectivity index (χ0v) is 15.5. The van der Waals surface area contributed by atoms with Gasteiger partial charge in [-0.3, -0.25) is 4.99 Å². The maximum atomic E-state index is 13.7. The lowest BCUT2D eigenvalue weighted by Gasteiger charge is -2.12. The van der Waals surface area contributed by atoms with E-state index in [9.17, 15) is 17.6 Å². The Labute approximate surface area is 154 Å². The fourth-order valence-electron chi connectivity index (χ4n) is 1.91. The molecule has 25 heavy (non-hydrogen) atoms. The summed E-state index contributed by atoms with van der Waals surface area (Å²) in [5.41, 5.74) is -0.401. The van der Waals surface area contributed by atoms with Gasteiger partial charge in [-0.1, -0.05) is 22.0 Å². The number of aromatic nitrogens is 1. The van der Waals surface area contributed by atoms with Crippen molar-refractivity contribution in [3.05, 3.63) is 50.1 Å². The zero-order chi connectivity index (χ0) is 18.4. The number of halogens is 5. The lowest BCUT2D eigenvalue weighted by Crippen LogP contribution is -2.38. The van der Waals surface area contributed by atoms with E-state index in [0.717, 1.165) is 16.7 Å². The third-order valence-electron chi connectivity index (χ3n) is 3.16. The Kier molecular flexibility index (Phi) is 6.77. The molecule has 136 valence electrons. The monoisotopic (exact) mass is 438 g/mol. The molecule has 2 N–H and O–H groups in total. The van der Waals surface area contributed by atoms with Gasteiger partial charge in [-0.25, -0.2) is 9.37 Å². The van der Waals surface area contributed by atoms with Gasteiger partial charge in [0, 0.05) is 42.0 Å². The minimum atomic E-state index is -4.42. The van der Waals surface area contributed by atoms with Crippen LogP contribution in [0.1, 0.15) is 16.3 Å². The topological polar surface area (TPSA) is 49.3 Å². The SMILES string of the molecule is CN=C(NCCc1nc(C(F)(F)F)cs1)NCc1ccc(Br)cc1F. The van der Waals surface area contributed by atoms with E-state index in [1.807, 2.05) is 0 Å². The van der Waals surface area contributed by atoms with Gasteiger partial charge in [0.25, 0.3) is 0 Å². The highest BCUT2D eigenvalue weighted by Crippen LogP contribution is 2.29. The molecule has 0 atom stereocenters. The van der Waals surface area contributed by atoms with Crippen molar-refractivity contribution in [3.63, 3.8) is 0 Å². The van der Waals surface area contributed by atoms with Gasteiger partial charge in [0.1, 0.15) is 5.82 Å². The van der Waals surface area contributed by atoms with Crippen molar-refractivity contribution in [3.8, 4) is 0 Å². The molecule has 10 heteroatoms. The minimum Gasteiger partial charge on any atom is -0.356 e. The maximum Gasteiger partial charge on any atom is 0.434 e. The number of rotatable bonds is 5. The van der Waals surface area contributed by atoms with Crippen molar-refractivity contribution in [2.24, 2.45) is 4.99 Å². The Balaban J connectivity index is 1.81. The summed E-state index contributed by atoms with van der Waals surface area (Å²) in [5.74, 6) is 0.0784. The number of guanidine groups is 1. The van der Waals surface area contributed by atoms with Crippen molar-refractivity contribution in [2.45, 2.75) is 19.1 Å². The number of thiazole rings is 1. The molecule has 1 aromatic heterocycles. The highest BCUT2D eigenvalue weighted by atomic mass is 79.9. The van der Waals surface area contributed by atoms with E-state index in [-0.39, 0.29) is 12.4 Å². The lowest BCUT2D eigenvalue weighted by molar-refractivity contribution is -0.140. The van der Waals surface area contributed by atoms with Gasteiger partial charge in [0.05, 0.1) is 5.01 Å². The van der Waals surface area contributed by atoms with E-state index < -0.39 is 11.9 Å². The number of hydrogen-bond acceptors (Lipinski definition) is 3. The Morgan fingerprint density at radius 1 is 1.32 bits per heavy atom. The summed E-state index contributed by atoms with van der Waals surface area (Å²) >= 11 is 4.15. The molecule has 0 aliphatic heterocycles. The summed E-state index contributed by atoms with van der Waals surface area (Å²) in [5, 5.41) is 7.29. The molecule has 0 amide bonds. The number of benzene rings is 1. The molecular formula is C15H15BrF4N4S. The molecular weight excluding hydrogens is 424 g/mol. The molecule has 0 aliphatic carbocycles. The van der Waals surface area contributed by atoms with E-state index in [1.165, 1.54) is 6.07 Å². The van der Waals surface area contributed by atoms with Crippen molar-refractivity contribution in [1.82, 2.24) is 15.6 Å². The van der Waals surface area contributed by atoms with Crippen LogP contribution in [0.3, 0.4) is 0 Å². The second-order valence-corrected chi connectivity index (χ2v) is 6.82. The molecule has 0 radical (unpaired) electrons. The molecule has 0 fully saturated rings. The van der Waals surface area contributed by atoms with Crippen LogP contribution in [-0.4, -0.2) is 24.5 Å². The average molecular weight is 439 g/mol. The van der Waals surface area contributed by atoms with Gasteiger partial charge in [-0.05, 0) is 12.1 Å². The average Bonchev–Trinajstić information content (AvgIpc) is 3.01. The van der Waals surface area contributed by atoms with Crippen molar-refractivity contribution in [1.29, 1.82) is 0 Å². The number of nitrogens with one attached hydrogen (secondary N) is 2. The summed E-state index contributed by atoms with van der Waals surface area (Å²) in [6.45, 7) is 0.585. The van der Waals surface area contributed by atoms with Crippen molar-refractivity contribution >= 4 is 33.2 Å². The third kappa shape index (κ3) is 5.96. The molecule has 0 unspecified atom stereocenters. The van der Waals surface area contributed by atoms with Gasteiger partial charge >= 0.3 is 6.18 Å². The maximum absolute atomic E-state index is 13.7. The number of hydrogen-bond donors (Lipinski definition) is 2. The van der Waals surface area contributed by atoms with Crippen LogP contribution in [0.15, 0.2) is 33.0 Å². The summed E-state index contributed by atoms with van der Waals surface area (Å²) in [4.78, 5) is 7.55. The predicted molar refractivity (Wildman–Crippen MR) is 93.1 cm³/mol. The first-order chi connectivity index (χ1) is 11.8. The molecule has 1 heterocycles. The lowest BCUT2D eigenvalue weighted by atomic mass is 10.2. The first-order valence-electron chi connectivity index (χ1n) is 7.19. The van der Waals surface area contributed by atoms with E-state index in [4.69, 9.17) is 0 Å². The van der Waals surface area contributed by atoms with E-state index in [0.29, 0.717) is 34.0 Å². The molecule has 0 saturated heterocycles. The molecule has 0 saturated carbocycles. The third-order valence-corrected chi connectivity index (χ3v) is 4.56. The quantitative estimate of drug-likeness (QED) is 0.421. The fourth-order valence-corrected chi connectivity index (χ4v) is 3.05. The van der Waals surface area contributed by atoms with E-state index in [2.05, 4.69) is 36.5 Å². The fraction of sp³-hybridized carbons (Fsp3) is 0.333. The summed E-state index contributed by atoms with van der Waals surface area (Å²) in [7, 11) is 1.55. The predicted octanol–water partition coefficient (Wildman–Crippen LogP) is 3.97. The van der Waals surface area contributed by atoms with Gasteiger partial charge in [0.2, 0.25) is 0 Å². The van der Waals surface area contributed by atoms with Crippen molar-refractivity contribution < 1.29 is 17.6 Å². The number of aliphatic imine (C=N–C) groups is 1. The van der Waals surface area contributed by atoms with E-state index in [1.54, 1.807) is 19.2 Å². The summed E-state index contributed by atoms with van der Waals surface area (Å²) in [6, 6.07) is 4.75.